The van der Waals surface area contributed by atoms with Gasteiger partial charge in [-0.25, -0.2) is 0 Å². The summed E-state index contributed by atoms with van der Waals surface area (Å²) >= 11 is 0. The third kappa shape index (κ3) is 47.6. The average molecular weight is 919 g/mol. The Morgan fingerprint density at radius 2 is 0.662 bits per heavy atom. The number of allylic oxidation sites excluding steroid dienone is 4. The molecule has 386 valence electrons. The molecule has 1 amide bonds. The van der Waals surface area contributed by atoms with Crippen LogP contribution in [0.1, 0.15) is 316 Å². The summed E-state index contributed by atoms with van der Waals surface area (Å²) in [5, 5.41) is 44.1. The molecule has 0 aromatic heterocycles. The van der Waals surface area contributed by atoms with Crippen LogP contribution in [0.25, 0.3) is 0 Å². The minimum Gasteiger partial charge on any atom is -0.394 e. The largest absolute Gasteiger partial charge is 0.394 e. The number of hydrogen-bond acceptors (Lipinski definition) is 5. The predicted molar refractivity (Wildman–Crippen MR) is 284 cm³/mol. The van der Waals surface area contributed by atoms with Gasteiger partial charge in [-0.2, -0.15) is 0 Å². The molecule has 0 spiro atoms. The summed E-state index contributed by atoms with van der Waals surface area (Å²) in [5.74, 6) is -0.582. The summed E-state index contributed by atoms with van der Waals surface area (Å²) in [4.78, 5) is 12.6. The molecule has 0 aliphatic carbocycles. The second-order valence-corrected chi connectivity index (χ2v) is 20.3. The van der Waals surface area contributed by atoms with E-state index in [0.717, 1.165) is 44.9 Å². The van der Waals surface area contributed by atoms with E-state index < -0.39 is 36.9 Å². The van der Waals surface area contributed by atoms with Crippen molar-refractivity contribution in [3.8, 4) is 0 Å². The van der Waals surface area contributed by atoms with Crippen LogP contribution in [0.2, 0.25) is 0 Å². The van der Waals surface area contributed by atoms with Gasteiger partial charge in [-0.1, -0.05) is 295 Å². The number of amides is 1. The van der Waals surface area contributed by atoms with Crippen molar-refractivity contribution in [1.82, 2.24) is 5.32 Å². The standard InChI is InChI=1S/C59H115NO5/c1-3-5-7-9-11-13-15-17-19-21-23-25-27-28-29-31-33-35-37-39-41-43-45-47-49-51-53-57(63)59(65)60-55(54-61)58(64)56(62)52-50-48-46-44-42-40-38-36-34-32-30-26-24-22-20-18-16-14-12-10-8-6-4-2/h23,25,28-29,55-58,61-64H,3-22,24,26-27,30-54H2,1-2H3,(H,60,65)/b25-23-,29-28-. The number of aliphatic hydroxyl groups excluding tert-OH is 4. The Labute approximate surface area is 405 Å². The first-order chi connectivity index (χ1) is 32.0. The Kier molecular flexibility index (Phi) is 52.7. The Morgan fingerprint density at radius 1 is 0.385 bits per heavy atom. The van der Waals surface area contributed by atoms with Gasteiger partial charge in [-0.15, -0.1) is 0 Å². The van der Waals surface area contributed by atoms with E-state index in [4.69, 9.17) is 0 Å². The minimum atomic E-state index is -1.26. The maximum Gasteiger partial charge on any atom is 0.249 e. The highest BCUT2D eigenvalue weighted by atomic mass is 16.3. The Balaban J connectivity index is 3.62. The van der Waals surface area contributed by atoms with Crippen molar-refractivity contribution >= 4 is 5.91 Å². The minimum absolute atomic E-state index is 0.367. The van der Waals surface area contributed by atoms with Crippen LogP contribution in [-0.2, 0) is 4.79 Å². The molecular weight excluding hydrogens is 803 g/mol. The normalized spacial score (nSPS) is 13.9. The average Bonchev–Trinajstić information content (AvgIpc) is 3.31. The van der Waals surface area contributed by atoms with E-state index in [1.54, 1.807) is 0 Å². The van der Waals surface area contributed by atoms with E-state index in [1.165, 1.54) is 244 Å². The summed E-state index contributed by atoms with van der Waals surface area (Å²) in [6.07, 6.45) is 65.3. The second kappa shape index (κ2) is 53.7. The van der Waals surface area contributed by atoms with Crippen LogP contribution in [0.15, 0.2) is 24.3 Å². The summed E-state index contributed by atoms with van der Waals surface area (Å²) in [6, 6.07) is -0.987. The highest BCUT2D eigenvalue weighted by molar-refractivity contribution is 5.80. The molecule has 6 heteroatoms. The van der Waals surface area contributed by atoms with Gasteiger partial charge >= 0.3 is 0 Å². The maximum atomic E-state index is 12.6. The molecule has 0 aliphatic rings. The molecule has 0 heterocycles. The van der Waals surface area contributed by atoms with Crippen LogP contribution in [0.3, 0.4) is 0 Å². The number of carbonyl (C=O) groups is 1. The molecule has 0 saturated heterocycles. The number of rotatable bonds is 54. The van der Waals surface area contributed by atoms with Crippen molar-refractivity contribution in [2.45, 2.75) is 340 Å². The maximum absolute atomic E-state index is 12.6. The lowest BCUT2D eigenvalue weighted by Crippen LogP contribution is -2.53. The first kappa shape index (κ1) is 63.8. The monoisotopic (exact) mass is 918 g/mol. The molecule has 0 aromatic carbocycles. The fourth-order valence-corrected chi connectivity index (χ4v) is 9.32. The summed E-state index contributed by atoms with van der Waals surface area (Å²) < 4.78 is 0. The van der Waals surface area contributed by atoms with Gasteiger partial charge in [0.25, 0.3) is 0 Å². The van der Waals surface area contributed by atoms with Crippen molar-refractivity contribution in [2.24, 2.45) is 0 Å². The van der Waals surface area contributed by atoms with E-state index in [0.29, 0.717) is 12.8 Å². The van der Waals surface area contributed by atoms with Crippen molar-refractivity contribution in [1.29, 1.82) is 0 Å². The van der Waals surface area contributed by atoms with Gasteiger partial charge in [0, 0.05) is 0 Å². The van der Waals surface area contributed by atoms with Crippen LogP contribution >= 0.6 is 0 Å². The second-order valence-electron chi connectivity index (χ2n) is 20.3. The SMILES string of the molecule is CCCCCCCCCCC/C=C\C/C=C\CCCCCCCCCCCCC(O)C(=O)NC(CO)C(O)C(O)CCCCCCCCCCCCCCCCCCCCCCCCC. The van der Waals surface area contributed by atoms with Crippen molar-refractivity contribution in [3.63, 3.8) is 0 Å². The molecule has 0 aromatic rings. The molecule has 0 aliphatic heterocycles. The Morgan fingerprint density at radius 3 is 0.969 bits per heavy atom. The molecule has 65 heavy (non-hydrogen) atoms. The first-order valence-electron chi connectivity index (χ1n) is 29.2. The van der Waals surface area contributed by atoms with Crippen LogP contribution in [0.4, 0.5) is 0 Å². The zero-order chi connectivity index (χ0) is 47.4. The van der Waals surface area contributed by atoms with E-state index in [1.807, 2.05) is 0 Å². The fraction of sp³-hybridized carbons (Fsp3) is 0.915. The molecule has 4 atom stereocenters. The van der Waals surface area contributed by atoms with Crippen LogP contribution in [0.5, 0.6) is 0 Å². The summed E-state index contributed by atoms with van der Waals surface area (Å²) in [6.45, 7) is 4.09. The lowest BCUT2D eigenvalue weighted by Gasteiger charge is -2.27. The van der Waals surface area contributed by atoms with E-state index in [-0.39, 0.29) is 0 Å². The zero-order valence-corrected chi connectivity index (χ0v) is 43.8. The quantitative estimate of drug-likeness (QED) is 0.0308. The van der Waals surface area contributed by atoms with E-state index in [2.05, 4.69) is 43.5 Å². The molecule has 0 fully saturated rings. The smallest absolute Gasteiger partial charge is 0.249 e. The van der Waals surface area contributed by atoms with Gasteiger partial charge in [0.15, 0.2) is 0 Å². The van der Waals surface area contributed by atoms with Gasteiger partial charge in [0.2, 0.25) is 5.91 Å². The number of aliphatic hydroxyl groups is 4. The van der Waals surface area contributed by atoms with Gasteiger partial charge in [0.1, 0.15) is 12.2 Å². The van der Waals surface area contributed by atoms with Gasteiger partial charge < -0.3 is 25.7 Å². The van der Waals surface area contributed by atoms with E-state index in [9.17, 15) is 25.2 Å². The third-order valence-corrected chi connectivity index (χ3v) is 13.9. The van der Waals surface area contributed by atoms with Gasteiger partial charge in [-0.05, 0) is 44.9 Å². The number of hydrogen-bond donors (Lipinski definition) is 5. The Hall–Kier alpha value is -1.21. The molecular formula is C59H115NO5. The molecule has 0 rings (SSSR count). The van der Waals surface area contributed by atoms with Crippen molar-refractivity contribution in [2.75, 3.05) is 6.61 Å². The highest BCUT2D eigenvalue weighted by Gasteiger charge is 2.28. The zero-order valence-electron chi connectivity index (χ0n) is 43.8. The summed E-state index contributed by atoms with van der Waals surface area (Å²) in [5.41, 5.74) is 0. The predicted octanol–water partition coefficient (Wildman–Crippen LogP) is 17.0. The van der Waals surface area contributed by atoms with Crippen LogP contribution in [0, 0.1) is 0 Å². The molecule has 6 nitrogen and oxygen atoms in total. The molecule has 0 radical (unpaired) electrons. The first-order valence-corrected chi connectivity index (χ1v) is 29.2. The van der Waals surface area contributed by atoms with E-state index >= 15 is 0 Å². The Bertz CT molecular complexity index is 986. The highest BCUT2D eigenvalue weighted by Crippen LogP contribution is 2.18. The van der Waals surface area contributed by atoms with Gasteiger partial charge in [0.05, 0.1) is 18.8 Å². The molecule has 0 bridgehead atoms. The van der Waals surface area contributed by atoms with Crippen LogP contribution in [-0.4, -0.2) is 57.3 Å². The fourth-order valence-electron chi connectivity index (χ4n) is 9.32. The number of unbranched alkanes of at least 4 members (excludes halogenated alkanes) is 41. The lowest BCUT2D eigenvalue weighted by atomic mass is 9.99. The molecule has 4 unspecified atom stereocenters. The van der Waals surface area contributed by atoms with Crippen molar-refractivity contribution < 1.29 is 25.2 Å². The third-order valence-electron chi connectivity index (χ3n) is 13.9. The van der Waals surface area contributed by atoms with Crippen LogP contribution < -0.4 is 5.32 Å². The summed E-state index contributed by atoms with van der Waals surface area (Å²) in [7, 11) is 0. The molecule has 5 N–H and O–H groups in total. The van der Waals surface area contributed by atoms with Crippen molar-refractivity contribution in [3.05, 3.63) is 24.3 Å². The number of carbonyl (C=O) groups excluding carboxylic acids is 1. The topological polar surface area (TPSA) is 110 Å². The van der Waals surface area contributed by atoms with Gasteiger partial charge in [-0.3, -0.25) is 4.79 Å². The number of nitrogens with one attached hydrogen (secondary N) is 1. The lowest BCUT2D eigenvalue weighted by molar-refractivity contribution is -0.132. The molecule has 0 saturated carbocycles.